The van der Waals surface area contributed by atoms with E-state index in [1.807, 2.05) is 29.1 Å². The molecular weight excluding hydrogens is 371 g/mol. The Hall–Kier alpha value is -2.58. The van der Waals surface area contributed by atoms with Crippen molar-refractivity contribution in [1.29, 1.82) is 0 Å². The van der Waals surface area contributed by atoms with Gasteiger partial charge in [0.15, 0.2) is 4.96 Å². The first-order valence-corrected chi connectivity index (χ1v) is 9.68. The van der Waals surface area contributed by atoms with Crippen LogP contribution in [0.5, 0.6) is 0 Å². The molecule has 132 valence electrons. The van der Waals surface area contributed by atoms with Gasteiger partial charge in [0.05, 0.1) is 22.9 Å². The number of benzene rings is 1. The van der Waals surface area contributed by atoms with Gasteiger partial charge in [-0.1, -0.05) is 12.1 Å². The van der Waals surface area contributed by atoms with E-state index in [-0.39, 0.29) is 11.7 Å². The van der Waals surface area contributed by atoms with E-state index in [2.05, 4.69) is 15.3 Å². The molecule has 3 heterocycles. The number of aromatic nitrogens is 3. The second-order valence-corrected chi connectivity index (χ2v) is 7.79. The van der Waals surface area contributed by atoms with E-state index in [0.29, 0.717) is 23.5 Å². The van der Waals surface area contributed by atoms with Gasteiger partial charge in [0.25, 0.3) is 5.91 Å². The molecule has 1 aromatic carbocycles. The van der Waals surface area contributed by atoms with Crippen molar-refractivity contribution in [1.82, 2.24) is 19.7 Å². The molecule has 26 heavy (non-hydrogen) atoms. The third kappa shape index (κ3) is 3.51. The first-order valence-electron chi connectivity index (χ1n) is 7.98. The molecule has 4 rings (SSSR count). The molecule has 0 fully saturated rings. The summed E-state index contributed by atoms with van der Waals surface area (Å²) in [4.78, 5) is 22.9. The fraction of sp³-hybridized carbons (Fsp3) is 0.167. The Bertz CT molecular complexity index is 1040. The van der Waals surface area contributed by atoms with Gasteiger partial charge < -0.3 is 5.32 Å². The number of hydrogen-bond donors (Lipinski definition) is 1. The van der Waals surface area contributed by atoms with Gasteiger partial charge in [0, 0.05) is 24.2 Å². The van der Waals surface area contributed by atoms with Crippen LogP contribution in [0.1, 0.15) is 31.6 Å². The van der Waals surface area contributed by atoms with Crippen LogP contribution >= 0.6 is 22.7 Å². The minimum Gasteiger partial charge on any atom is -0.346 e. The minimum absolute atomic E-state index is 0.151. The van der Waals surface area contributed by atoms with Crippen LogP contribution in [0.3, 0.4) is 0 Å². The Balaban J connectivity index is 1.43. The van der Waals surface area contributed by atoms with Crippen molar-refractivity contribution in [2.75, 3.05) is 0 Å². The van der Waals surface area contributed by atoms with Crippen LogP contribution in [0.25, 0.3) is 4.96 Å². The highest BCUT2D eigenvalue weighted by atomic mass is 32.1. The Morgan fingerprint density at radius 1 is 1.27 bits per heavy atom. The highest BCUT2D eigenvalue weighted by Gasteiger charge is 2.16. The number of amides is 1. The summed E-state index contributed by atoms with van der Waals surface area (Å²) in [5, 5.41) is 5.70. The first kappa shape index (κ1) is 16.9. The van der Waals surface area contributed by atoms with Gasteiger partial charge in [0.2, 0.25) is 0 Å². The molecule has 3 aromatic heterocycles. The van der Waals surface area contributed by atoms with E-state index < -0.39 is 0 Å². The molecule has 0 radical (unpaired) electrons. The maximum absolute atomic E-state index is 13.0. The van der Waals surface area contributed by atoms with Gasteiger partial charge in [-0.25, -0.2) is 14.4 Å². The predicted octanol–water partition coefficient (Wildman–Crippen LogP) is 3.82. The zero-order valence-corrected chi connectivity index (χ0v) is 15.5. The van der Waals surface area contributed by atoms with E-state index in [1.165, 1.54) is 23.5 Å². The number of aryl methyl sites for hydroxylation is 1. The van der Waals surface area contributed by atoms with Crippen molar-refractivity contribution >= 4 is 33.5 Å². The largest absolute Gasteiger partial charge is 0.346 e. The molecule has 0 saturated heterocycles. The highest BCUT2D eigenvalue weighted by Crippen LogP contribution is 2.21. The standard InChI is InChI=1S/C18H15FN4OS2/c1-11-16(26-15(21-11)8-12-2-4-13(19)5-3-12)17(24)20-9-14-10-23-6-7-25-18(23)22-14/h2-7,10H,8-9H2,1H3,(H,20,24). The van der Waals surface area contributed by atoms with Crippen LogP contribution in [0, 0.1) is 12.7 Å². The zero-order chi connectivity index (χ0) is 18.1. The maximum atomic E-state index is 13.0. The molecule has 8 heteroatoms. The summed E-state index contributed by atoms with van der Waals surface area (Å²) in [7, 11) is 0. The number of halogens is 1. The van der Waals surface area contributed by atoms with E-state index in [0.717, 1.165) is 21.2 Å². The van der Waals surface area contributed by atoms with Crippen LogP contribution in [0.15, 0.2) is 42.0 Å². The number of imidazole rings is 1. The van der Waals surface area contributed by atoms with E-state index in [1.54, 1.807) is 23.5 Å². The number of fused-ring (bicyclic) bond motifs is 1. The smallest absolute Gasteiger partial charge is 0.263 e. The summed E-state index contributed by atoms with van der Waals surface area (Å²) in [6.45, 7) is 2.20. The lowest BCUT2D eigenvalue weighted by atomic mass is 10.1. The molecule has 0 aliphatic rings. The van der Waals surface area contributed by atoms with Crippen LogP contribution in [0.2, 0.25) is 0 Å². The summed E-state index contributed by atoms with van der Waals surface area (Å²) >= 11 is 2.92. The van der Waals surface area contributed by atoms with Gasteiger partial charge in [-0.05, 0) is 24.6 Å². The van der Waals surface area contributed by atoms with Crippen molar-refractivity contribution in [2.45, 2.75) is 19.9 Å². The fourth-order valence-corrected chi connectivity index (χ4v) is 4.36. The van der Waals surface area contributed by atoms with E-state index in [4.69, 9.17) is 0 Å². The van der Waals surface area contributed by atoms with Crippen LogP contribution in [-0.4, -0.2) is 20.3 Å². The van der Waals surface area contributed by atoms with Crippen LogP contribution in [0.4, 0.5) is 4.39 Å². The number of thiazole rings is 2. The number of nitrogens with one attached hydrogen (secondary N) is 1. The van der Waals surface area contributed by atoms with Gasteiger partial charge in [-0.15, -0.1) is 22.7 Å². The predicted molar refractivity (Wildman–Crippen MR) is 100 cm³/mol. The molecule has 4 aromatic rings. The van der Waals surface area contributed by atoms with Gasteiger partial charge >= 0.3 is 0 Å². The SMILES string of the molecule is Cc1nc(Cc2ccc(F)cc2)sc1C(=O)NCc1cn2ccsc2n1. The van der Waals surface area contributed by atoms with Gasteiger partial charge in [-0.3, -0.25) is 9.20 Å². The maximum Gasteiger partial charge on any atom is 0.263 e. The monoisotopic (exact) mass is 386 g/mol. The lowest BCUT2D eigenvalue weighted by Gasteiger charge is -2.01. The molecule has 1 N–H and O–H groups in total. The second kappa shape index (κ2) is 6.97. The van der Waals surface area contributed by atoms with Crippen LogP contribution < -0.4 is 5.32 Å². The molecule has 0 bridgehead atoms. The summed E-state index contributed by atoms with van der Waals surface area (Å²) in [5.74, 6) is -0.412. The van der Waals surface area contributed by atoms with Crippen molar-refractivity contribution in [3.05, 3.63) is 74.7 Å². The summed E-state index contributed by atoms with van der Waals surface area (Å²) in [6, 6.07) is 6.32. The van der Waals surface area contributed by atoms with E-state index in [9.17, 15) is 9.18 Å². The topological polar surface area (TPSA) is 59.3 Å². The fourth-order valence-electron chi connectivity index (χ4n) is 2.63. The third-order valence-electron chi connectivity index (χ3n) is 3.89. The van der Waals surface area contributed by atoms with Gasteiger partial charge in [-0.2, -0.15) is 0 Å². The number of nitrogens with zero attached hydrogens (tertiary/aromatic N) is 3. The lowest BCUT2D eigenvalue weighted by Crippen LogP contribution is -2.22. The number of carbonyl (C=O) groups is 1. The van der Waals surface area contributed by atoms with Crippen LogP contribution in [-0.2, 0) is 13.0 Å². The molecule has 0 atom stereocenters. The minimum atomic E-state index is -0.261. The Morgan fingerprint density at radius 2 is 2.08 bits per heavy atom. The average molecular weight is 386 g/mol. The van der Waals surface area contributed by atoms with Crippen molar-refractivity contribution in [3.8, 4) is 0 Å². The summed E-state index contributed by atoms with van der Waals surface area (Å²) in [6.07, 6.45) is 4.43. The third-order valence-corrected chi connectivity index (χ3v) is 5.82. The number of hydrogen-bond acceptors (Lipinski definition) is 5. The molecule has 0 unspecified atom stereocenters. The van der Waals surface area contributed by atoms with Crippen molar-refractivity contribution in [3.63, 3.8) is 0 Å². The summed E-state index contributed by atoms with van der Waals surface area (Å²) < 4.78 is 14.9. The Labute approximate surface area is 157 Å². The van der Waals surface area contributed by atoms with Crippen molar-refractivity contribution < 1.29 is 9.18 Å². The molecule has 5 nitrogen and oxygen atoms in total. The van der Waals surface area contributed by atoms with E-state index >= 15 is 0 Å². The Kier molecular flexibility index (Phi) is 4.52. The first-order chi connectivity index (χ1) is 12.6. The highest BCUT2D eigenvalue weighted by molar-refractivity contribution is 7.15. The molecule has 0 saturated carbocycles. The molecule has 0 aliphatic carbocycles. The van der Waals surface area contributed by atoms with Gasteiger partial charge in [0.1, 0.15) is 10.7 Å². The zero-order valence-electron chi connectivity index (χ0n) is 13.9. The molecule has 0 spiro atoms. The summed E-state index contributed by atoms with van der Waals surface area (Å²) in [5.41, 5.74) is 2.49. The Morgan fingerprint density at radius 3 is 2.85 bits per heavy atom. The molecular formula is C18H15FN4OS2. The molecule has 1 amide bonds. The molecule has 0 aliphatic heterocycles. The quantitative estimate of drug-likeness (QED) is 0.567. The van der Waals surface area contributed by atoms with Crippen molar-refractivity contribution in [2.24, 2.45) is 0 Å². The normalized spacial score (nSPS) is 11.2. The second-order valence-electron chi connectivity index (χ2n) is 5.83. The number of carbonyl (C=O) groups excluding carboxylic acids is 1. The number of rotatable bonds is 5. The lowest BCUT2D eigenvalue weighted by molar-refractivity contribution is 0.0953. The average Bonchev–Trinajstić information content (AvgIpc) is 3.29.